The number of amides is 1. The maximum Gasteiger partial charge on any atom is 0.239 e. The van der Waals surface area contributed by atoms with Crippen LogP contribution >= 0.6 is 22.9 Å². The van der Waals surface area contributed by atoms with Gasteiger partial charge >= 0.3 is 0 Å². The molecule has 5 heteroatoms. The van der Waals surface area contributed by atoms with Crippen LogP contribution in [0.2, 0.25) is 4.34 Å². The second-order valence-electron chi connectivity index (χ2n) is 3.41. The first-order valence-corrected chi connectivity index (χ1v) is 5.98. The number of likely N-dealkylation sites (N-methyl/N-ethyl adjacent to an activating group) is 1. The lowest BCUT2D eigenvalue weighted by atomic mass is 10.2. The highest BCUT2D eigenvalue weighted by Gasteiger charge is 2.16. The normalized spacial score (nSPS) is 12.5. The zero-order chi connectivity index (χ0) is 11.4. The summed E-state index contributed by atoms with van der Waals surface area (Å²) in [7, 11) is 1.76. The second-order valence-corrected chi connectivity index (χ2v) is 5.21. The predicted molar refractivity (Wildman–Crippen MR) is 64.1 cm³/mol. The quantitative estimate of drug-likeness (QED) is 0.885. The third-order valence-electron chi connectivity index (χ3n) is 2.16. The van der Waals surface area contributed by atoms with E-state index in [9.17, 15) is 4.79 Å². The van der Waals surface area contributed by atoms with Crippen LogP contribution in [0, 0.1) is 0 Å². The van der Waals surface area contributed by atoms with E-state index in [1.54, 1.807) is 11.9 Å². The summed E-state index contributed by atoms with van der Waals surface area (Å²) in [4.78, 5) is 14.4. The number of carbonyl (C=O) groups is 1. The lowest BCUT2D eigenvalue weighted by Gasteiger charge is -2.19. The summed E-state index contributed by atoms with van der Waals surface area (Å²) in [5, 5.41) is 0. The van der Waals surface area contributed by atoms with Gasteiger partial charge in [0.25, 0.3) is 0 Å². The van der Waals surface area contributed by atoms with E-state index in [0.29, 0.717) is 13.0 Å². The first-order valence-electron chi connectivity index (χ1n) is 4.79. The van der Waals surface area contributed by atoms with Crippen molar-refractivity contribution in [1.82, 2.24) is 4.90 Å². The lowest BCUT2D eigenvalue weighted by molar-refractivity contribution is -0.131. The van der Waals surface area contributed by atoms with E-state index >= 15 is 0 Å². The van der Waals surface area contributed by atoms with E-state index < -0.39 is 6.04 Å². The fourth-order valence-electron chi connectivity index (χ4n) is 1.21. The van der Waals surface area contributed by atoms with E-state index in [0.717, 1.165) is 9.21 Å². The van der Waals surface area contributed by atoms with Gasteiger partial charge in [-0.05, 0) is 18.6 Å². The Morgan fingerprint density at radius 3 is 2.80 bits per heavy atom. The number of hydrogen-bond acceptors (Lipinski definition) is 3. The van der Waals surface area contributed by atoms with Gasteiger partial charge in [-0.25, -0.2) is 0 Å². The average Bonchev–Trinajstić information content (AvgIpc) is 2.61. The Bertz CT molecular complexity index is 340. The molecule has 0 aliphatic heterocycles. The van der Waals surface area contributed by atoms with Crippen molar-refractivity contribution in [3.63, 3.8) is 0 Å². The first-order chi connectivity index (χ1) is 7.04. The van der Waals surface area contributed by atoms with Gasteiger partial charge in [-0.2, -0.15) is 0 Å². The van der Waals surface area contributed by atoms with Crippen molar-refractivity contribution in [3.05, 3.63) is 21.3 Å². The van der Waals surface area contributed by atoms with Crippen LogP contribution < -0.4 is 5.73 Å². The zero-order valence-electron chi connectivity index (χ0n) is 8.87. The van der Waals surface area contributed by atoms with Crippen molar-refractivity contribution < 1.29 is 4.79 Å². The third kappa shape index (κ3) is 3.48. The summed E-state index contributed by atoms with van der Waals surface area (Å²) >= 11 is 7.29. The molecule has 1 rings (SSSR count). The second kappa shape index (κ2) is 5.49. The summed E-state index contributed by atoms with van der Waals surface area (Å²) < 4.78 is 0.741. The Kier molecular flexibility index (Phi) is 4.57. The Morgan fingerprint density at radius 1 is 1.67 bits per heavy atom. The van der Waals surface area contributed by atoms with Crippen molar-refractivity contribution >= 4 is 28.8 Å². The summed E-state index contributed by atoms with van der Waals surface area (Å²) in [6.45, 7) is 2.47. The fourth-order valence-corrected chi connectivity index (χ4v) is 2.35. The molecule has 0 aliphatic rings. The molecule has 0 fully saturated rings. The number of nitrogens with two attached hydrogens (primary N) is 1. The summed E-state index contributed by atoms with van der Waals surface area (Å²) in [5.41, 5.74) is 5.66. The predicted octanol–water partition coefficient (Wildman–Crippen LogP) is 2.10. The molecule has 0 aliphatic carbocycles. The van der Waals surface area contributed by atoms with Crippen LogP contribution in [0.4, 0.5) is 0 Å². The minimum Gasteiger partial charge on any atom is -0.339 e. The Balaban J connectivity index is 2.55. The molecule has 1 aromatic heterocycles. The maximum atomic E-state index is 11.7. The summed E-state index contributed by atoms with van der Waals surface area (Å²) in [6, 6.07) is 3.36. The molecule has 0 saturated carbocycles. The lowest BCUT2D eigenvalue weighted by Crippen LogP contribution is -2.40. The zero-order valence-corrected chi connectivity index (χ0v) is 10.4. The van der Waals surface area contributed by atoms with Crippen molar-refractivity contribution in [2.75, 3.05) is 7.05 Å². The van der Waals surface area contributed by atoms with Crippen LogP contribution in [0.5, 0.6) is 0 Å². The summed E-state index contributed by atoms with van der Waals surface area (Å²) in [6.07, 6.45) is 0.661. The van der Waals surface area contributed by atoms with Crippen molar-refractivity contribution in [1.29, 1.82) is 0 Å². The van der Waals surface area contributed by atoms with Gasteiger partial charge in [0.15, 0.2) is 0 Å². The van der Waals surface area contributed by atoms with Gasteiger partial charge < -0.3 is 10.6 Å². The average molecular weight is 247 g/mol. The Morgan fingerprint density at radius 2 is 2.33 bits per heavy atom. The minimum absolute atomic E-state index is 0.0259. The topological polar surface area (TPSA) is 46.3 Å². The van der Waals surface area contributed by atoms with Gasteiger partial charge in [-0.15, -0.1) is 11.3 Å². The minimum atomic E-state index is -0.398. The molecule has 0 radical (unpaired) electrons. The fraction of sp³-hybridized carbons (Fsp3) is 0.500. The maximum absolute atomic E-state index is 11.7. The highest BCUT2D eigenvalue weighted by molar-refractivity contribution is 7.16. The van der Waals surface area contributed by atoms with Crippen LogP contribution in [0.15, 0.2) is 12.1 Å². The molecular formula is C10H15ClN2OS. The van der Waals surface area contributed by atoms with Crippen molar-refractivity contribution in [2.45, 2.75) is 25.9 Å². The summed E-state index contributed by atoms with van der Waals surface area (Å²) in [5.74, 6) is -0.0259. The largest absolute Gasteiger partial charge is 0.339 e. The smallest absolute Gasteiger partial charge is 0.239 e. The number of halogens is 1. The SMILES string of the molecule is CC[C@H](N)C(=O)N(C)Cc1ccc(Cl)s1. The highest BCUT2D eigenvalue weighted by atomic mass is 35.5. The van der Waals surface area contributed by atoms with E-state index in [1.165, 1.54) is 11.3 Å². The van der Waals surface area contributed by atoms with E-state index in [2.05, 4.69) is 0 Å². The van der Waals surface area contributed by atoms with Crippen LogP contribution in [-0.2, 0) is 11.3 Å². The van der Waals surface area contributed by atoms with Gasteiger partial charge in [0, 0.05) is 11.9 Å². The molecule has 1 aromatic rings. The highest BCUT2D eigenvalue weighted by Crippen LogP contribution is 2.22. The molecule has 0 spiro atoms. The van der Waals surface area contributed by atoms with Gasteiger partial charge in [-0.3, -0.25) is 4.79 Å². The molecule has 0 unspecified atom stereocenters. The monoisotopic (exact) mass is 246 g/mol. The van der Waals surface area contributed by atoms with Gasteiger partial charge in [0.05, 0.1) is 16.9 Å². The van der Waals surface area contributed by atoms with Crippen molar-refractivity contribution in [2.24, 2.45) is 5.73 Å². The van der Waals surface area contributed by atoms with Crippen LogP contribution in [-0.4, -0.2) is 23.9 Å². The van der Waals surface area contributed by atoms with Gasteiger partial charge in [0.2, 0.25) is 5.91 Å². The molecule has 3 nitrogen and oxygen atoms in total. The molecule has 0 bridgehead atoms. The van der Waals surface area contributed by atoms with Gasteiger partial charge in [0.1, 0.15) is 0 Å². The molecule has 0 saturated heterocycles. The molecule has 15 heavy (non-hydrogen) atoms. The molecular weight excluding hydrogens is 232 g/mol. The molecule has 1 heterocycles. The number of rotatable bonds is 4. The van der Waals surface area contributed by atoms with E-state index in [1.807, 2.05) is 19.1 Å². The standard InChI is InChI=1S/C10H15ClN2OS/c1-3-8(12)10(14)13(2)6-7-4-5-9(11)15-7/h4-5,8H,3,6,12H2,1-2H3/t8-/m0/s1. The number of hydrogen-bond donors (Lipinski definition) is 1. The number of carbonyl (C=O) groups excluding carboxylic acids is 1. The van der Waals surface area contributed by atoms with Crippen LogP contribution in [0.1, 0.15) is 18.2 Å². The number of nitrogens with zero attached hydrogens (tertiary/aromatic N) is 1. The number of thiophene rings is 1. The molecule has 84 valence electrons. The van der Waals surface area contributed by atoms with Crippen LogP contribution in [0.25, 0.3) is 0 Å². The van der Waals surface area contributed by atoms with Crippen LogP contribution in [0.3, 0.4) is 0 Å². The molecule has 2 N–H and O–H groups in total. The molecule has 1 atom stereocenters. The first kappa shape index (κ1) is 12.5. The van der Waals surface area contributed by atoms with Crippen molar-refractivity contribution in [3.8, 4) is 0 Å². The Hall–Kier alpha value is -0.580. The van der Waals surface area contributed by atoms with Gasteiger partial charge in [-0.1, -0.05) is 18.5 Å². The Labute approximate surface area is 98.8 Å². The van der Waals surface area contributed by atoms with E-state index in [-0.39, 0.29) is 5.91 Å². The van der Waals surface area contributed by atoms with E-state index in [4.69, 9.17) is 17.3 Å². The third-order valence-corrected chi connectivity index (χ3v) is 3.37. The molecule has 1 amide bonds. The molecule has 0 aromatic carbocycles.